The normalized spacial score (nSPS) is 11.7. The number of hydrogen-bond acceptors (Lipinski definition) is 3. The number of carbonyl (C=O) groups excluding carboxylic acids is 1. The fourth-order valence-corrected chi connectivity index (χ4v) is 1.27. The number of Topliss-reactive ketones (excluding diaryl/α,β-unsaturated/α-hetero) is 1. The van der Waals surface area contributed by atoms with Crippen LogP contribution in [0.4, 0.5) is 0 Å². The third-order valence-electron chi connectivity index (χ3n) is 2.02. The van der Waals surface area contributed by atoms with Gasteiger partial charge in [0.2, 0.25) is 6.79 Å². The van der Waals surface area contributed by atoms with E-state index in [9.17, 15) is 4.79 Å². The molecule has 0 amide bonds. The van der Waals surface area contributed by atoms with Crippen LogP contribution in [0.3, 0.4) is 0 Å². The Balaban J connectivity index is 0.000000531. The van der Waals surface area contributed by atoms with E-state index < -0.39 is 0 Å². The molecule has 0 fully saturated rings. The van der Waals surface area contributed by atoms with Crippen molar-refractivity contribution in [3.05, 3.63) is 23.8 Å². The summed E-state index contributed by atoms with van der Waals surface area (Å²) < 4.78 is 10.3. The number of carbonyl (C=O) groups is 1. The summed E-state index contributed by atoms with van der Waals surface area (Å²) in [5, 5.41) is 0. The van der Waals surface area contributed by atoms with Crippen molar-refractivity contribution in [2.75, 3.05) is 6.79 Å². The van der Waals surface area contributed by atoms with Crippen LogP contribution >= 0.6 is 0 Å². The van der Waals surface area contributed by atoms with E-state index in [0.29, 0.717) is 23.5 Å². The molecular formula is C12H16O3. The summed E-state index contributed by atoms with van der Waals surface area (Å²) in [6.45, 7) is 6.09. The minimum atomic E-state index is 0.123. The lowest BCUT2D eigenvalue weighted by molar-refractivity contribution is 0.0987. The highest BCUT2D eigenvalue weighted by Gasteiger charge is 2.14. The lowest BCUT2D eigenvalue weighted by Gasteiger charge is -1.99. The topological polar surface area (TPSA) is 35.5 Å². The Bertz CT molecular complexity index is 345. The maximum atomic E-state index is 11.3. The van der Waals surface area contributed by atoms with E-state index in [4.69, 9.17) is 9.47 Å². The monoisotopic (exact) mass is 208 g/mol. The van der Waals surface area contributed by atoms with E-state index in [0.717, 1.165) is 0 Å². The van der Waals surface area contributed by atoms with E-state index in [-0.39, 0.29) is 12.6 Å². The second-order valence-electron chi connectivity index (χ2n) is 2.84. The predicted octanol–water partition coefficient (Wildman–Crippen LogP) is 3.03. The van der Waals surface area contributed by atoms with Crippen molar-refractivity contribution >= 4 is 5.78 Å². The Labute approximate surface area is 90.0 Å². The summed E-state index contributed by atoms with van der Waals surface area (Å²) in [6.07, 6.45) is 0.514. The van der Waals surface area contributed by atoms with Crippen molar-refractivity contribution in [2.45, 2.75) is 27.2 Å². The number of benzene rings is 1. The molecule has 3 heteroatoms. The van der Waals surface area contributed by atoms with Crippen LogP contribution in [-0.4, -0.2) is 12.6 Å². The Kier molecular flexibility index (Phi) is 4.16. The highest BCUT2D eigenvalue weighted by molar-refractivity contribution is 5.96. The van der Waals surface area contributed by atoms with Crippen molar-refractivity contribution in [1.82, 2.24) is 0 Å². The lowest BCUT2D eigenvalue weighted by Crippen LogP contribution is -1.95. The van der Waals surface area contributed by atoms with Crippen LogP contribution in [0.15, 0.2) is 18.2 Å². The van der Waals surface area contributed by atoms with Gasteiger partial charge in [-0.3, -0.25) is 4.79 Å². The van der Waals surface area contributed by atoms with Gasteiger partial charge >= 0.3 is 0 Å². The van der Waals surface area contributed by atoms with E-state index in [1.165, 1.54) is 0 Å². The van der Waals surface area contributed by atoms with Crippen molar-refractivity contribution in [2.24, 2.45) is 0 Å². The number of hydrogen-bond donors (Lipinski definition) is 0. The largest absolute Gasteiger partial charge is 0.454 e. The molecule has 0 unspecified atom stereocenters. The minimum absolute atomic E-state index is 0.123. The van der Waals surface area contributed by atoms with Crippen LogP contribution in [0, 0.1) is 0 Å². The third kappa shape index (κ3) is 2.49. The lowest BCUT2D eigenvalue weighted by atomic mass is 10.1. The summed E-state index contributed by atoms with van der Waals surface area (Å²) >= 11 is 0. The highest BCUT2D eigenvalue weighted by atomic mass is 16.7. The zero-order valence-corrected chi connectivity index (χ0v) is 9.37. The predicted molar refractivity (Wildman–Crippen MR) is 58.5 cm³/mol. The number of ketones is 1. The van der Waals surface area contributed by atoms with Crippen LogP contribution in [0.1, 0.15) is 37.6 Å². The van der Waals surface area contributed by atoms with Crippen LogP contribution in [0.2, 0.25) is 0 Å². The van der Waals surface area contributed by atoms with Crippen molar-refractivity contribution in [3.8, 4) is 11.5 Å². The molecule has 0 aromatic heterocycles. The summed E-state index contributed by atoms with van der Waals surface area (Å²) in [5.41, 5.74) is 0.687. The molecule has 3 nitrogen and oxygen atoms in total. The van der Waals surface area contributed by atoms with E-state index in [1.807, 2.05) is 20.8 Å². The molecule has 15 heavy (non-hydrogen) atoms. The molecule has 0 N–H and O–H groups in total. The van der Waals surface area contributed by atoms with Gasteiger partial charge in [-0.25, -0.2) is 0 Å². The molecule has 0 atom stereocenters. The first-order valence-corrected chi connectivity index (χ1v) is 5.24. The quantitative estimate of drug-likeness (QED) is 0.701. The fraction of sp³-hybridized carbons (Fsp3) is 0.417. The first kappa shape index (κ1) is 11.6. The summed E-state index contributed by atoms with van der Waals surface area (Å²) in [5.74, 6) is 1.50. The average Bonchev–Trinajstić information content (AvgIpc) is 2.77. The Morgan fingerprint density at radius 3 is 2.60 bits per heavy atom. The van der Waals surface area contributed by atoms with Gasteiger partial charge in [0.1, 0.15) is 0 Å². The van der Waals surface area contributed by atoms with Gasteiger partial charge in [-0.05, 0) is 18.2 Å². The standard InChI is InChI=1S/C10H10O3.C2H6/c1-2-8(11)7-3-4-9-10(5-7)13-6-12-9;1-2/h3-5H,2,6H2,1H3;1-2H3. The zero-order valence-electron chi connectivity index (χ0n) is 9.37. The smallest absolute Gasteiger partial charge is 0.231 e. The molecule has 1 aromatic carbocycles. The molecule has 0 bridgehead atoms. The second kappa shape index (κ2) is 5.39. The molecular weight excluding hydrogens is 192 g/mol. The van der Waals surface area contributed by atoms with Gasteiger partial charge in [0.15, 0.2) is 17.3 Å². The molecule has 1 aliphatic rings. The molecule has 0 saturated carbocycles. The van der Waals surface area contributed by atoms with Gasteiger partial charge < -0.3 is 9.47 Å². The van der Waals surface area contributed by atoms with Gasteiger partial charge in [0.05, 0.1) is 0 Å². The van der Waals surface area contributed by atoms with Gasteiger partial charge in [0.25, 0.3) is 0 Å². The number of ether oxygens (including phenoxy) is 2. The summed E-state index contributed by atoms with van der Waals surface area (Å²) in [7, 11) is 0. The van der Waals surface area contributed by atoms with Gasteiger partial charge in [-0.1, -0.05) is 20.8 Å². The summed E-state index contributed by atoms with van der Waals surface area (Å²) in [4.78, 5) is 11.3. The zero-order chi connectivity index (χ0) is 11.3. The van der Waals surface area contributed by atoms with E-state index in [2.05, 4.69) is 0 Å². The third-order valence-corrected chi connectivity index (χ3v) is 2.02. The molecule has 1 heterocycles. The molecule has 1 aromatic rings. The van der Waals surface area contributed by atoms with Gasteiger partial charge in [-0.15, -0.1) is 0 Å². The van der Waals surface area contributed by atoms with Crippen molar-refractivity contribution < 1.29 is 14.3 Å². The highest BCUT2D eigenvalue weighted by Crippen LogP contribution is 2.32. The molecule has 0 saturated heterocycles. The molecule has 82 valence electrons. The summed E-state index contributed by atoms with van der Waals surface area (Å²) in [6, 6.07) is 5.26. The molecule has 0 spiro atoms. The molecule has 1 aliphatic heterocycles. The van der Waals surface area contributed by atoms with Crippen molar-refractivity contribution in [3.63, 3.8) is 0 Å². The molecule has 0 aliphatic carbocycles. The number of fused-ring (bicyclic) bond motifs is 1. The Morgan fingerprint density at radius 1 is 1.27 bits per heavy atom. The fourth-order valence-electron chi connectivity index (χ4n) is 1.27. The SMILES string of the molecule is CC.CCC(=O)c1ccc2c(c1)OCO2. The minimum Gasteiger partial charge on any atom is -0.454 e. The molecule has 0 radical (unpaired) electrons. The van der Waals surface area contributed by atoms with Crippen molar-refractivity contribution in [1.29, 1.82) is 0 Å². The van der Waals surface area contributed by atoms with Crippen LogP contribution < -0.4 is 9.47 Å². The Hall–Kier alpha value is -1.51. The van der Waals surface area contributed by atoms with Crippen LogP contribution in [0.25, 0.3) is 0 Å². The first-order chi connectivity index (χ1) is 7.31. The van der Waals surface area contributed by atoms with Crippen LogP contribution in [0.5, 0.6) is 11.5 Å². The maximum absolute atomic E-state index is 11.3. The van der Waals surface area contributed by atoms with Gasteiger partial charge in [-0.2, -0.15) is 0 Å². The first-order valence-electron chi connectivity index (χ1n) is 5.24. The van der Waals surface area contributed by atoms with E-state index in [1.54, 1.807) is 18.2 Å². The maximum Gasteiger partial charge on any atom is 0.231 e. The second-order valence-corrected chi connectivity index (χ2v) is 2.84. The average molecular weight is 208 g/mol. The van der Waals surface area contributed by atoms with Gasteiger partial charge in [0, 0.05) is 12.0 Å². The Morgan fingerprint density at radius 2 is 1.93 bits per heavy atom. The van der Waals surface area contributed by atoms with E-state index >= 15 is 0 Å². The molecule has 2 rings (SSSR count). The number of rotatable bonds is 2. The van der Waals surface area contributed by atoms with Crippen LogP contribution in [-0.2, 0) is 0 Å².